The van der Waals surface area contributed by atoms with Gasteiger partial charge in [-0.1, -0.05) is 36.4 Å². The molecule has 0 bridgehead atoms. The van der Waals surface area contributed by atoms with E-state index >= 15 is 0 Å². The Labute approximate surface area is 151 Å². The van der Waals surface area contributed by atoms with Crippen molar-refractivity contribution in [3.05, 3.63) is 87.2 Å². The molecule has 1 aliphatic rings. The van der Waals surface area contributed by atoms with Crippen molar-refractivity contribution in [2.45, 2.75) is 32.2 Å². The van der Waals surface area contributed by atoms with E-state index in [2.05, 4.69) is 23.2 Å². The smallest absolute Gasteiger partial charge is 0.289 e. The summed E-state index contributed by atoms with van der Waals surface area (Å²) in [4.78, 5) is 19.2. The van der Waals surface area contributed by atoms with E-state index in [1.165, 1.54) is 28.8 Å². The van der Waals surface area contributed by atoms with E-state index in [-0.39, 0.29) is 5.91 Å². The molecule has 0 radical (unpaired) electrons. The SMILES string of the molecule is O=C(N=c1ccccn1Cc1ccccc1)c1cc2c(s1)CCCC2. The third-order valence-corrected chi connectivity index (χ3v) is 5.76. The third kappa shape index (κ3) is 3.64. The van der Waals surface area contributed by atoms with Crippen LogP contribution >= 0.6 is 11.3 Å². The fourth-order valence-electron chi connectivity index (χ4n) is 3.24. The first-order valence-electron chi connectivity index (χ1n) is 8.69. The molecule has 4 rings (SSSR count). The second-order valence-corrected chi connectivity index (χ2v) is 7.49. The average Bonchev–Trinajstić information content (AvgIpc) is 3.09. The average molecular weight is 348 g/mol. The van der Waals surface area contributed by atoms with Crippen molar-refractivity contribution >= 4 is 17.2 Å². The van der Waals surface area contributed by atoms with Gasteiger partial charge in [-0.15, -0.1) is 11.3 Å². The summed E-state index contributed by atoms with van der Waals surface area (Å²) in [5.41, 5.74) is 3.23. The van der Waals surface area contributed by atoms with Crippen LogP contribution in [0.25, 0.3) is 0 Å². The van der Waals surface area contributed by atoms with Gasteiger partial charge in [-0.05, 0) is 55.0 Å². The maximum Gasteiger partial charge on any atom is 0.289 e. The van der Waals surface area contributed by atoms with Crippen LogP contribution in [0.1, 0.15) is 38.5 Å². The van der Waals surface area contributed by atoms with Gasteiger partial charge in [0.15, 0.2) is 0 Å². The van der Waals surface area contributed by atoms with Crippen LogP contribution in [0.3, 0.4) is 0 Å². The van der Waals surface area contributed by atoms with Gasteiger partial charge in [0.2, 0.25) is 0 Å². The molecule has 1 aliphatic carbocycles. The number of carbonyl (C=O) groups excluding carboxylic acids is 1. The molecule has 0 N–H and O–H groups in total. The lowest BCUT2D eigenvalue weighted by Crippen LogP contribution is -2.21. The van der Waals surface area contributed by atoms with Gasteiger partial charge in [-0.25, -0.2) is 0 Å². The van der Waals surface area contributed by atoms with Gasteiger partial charge in [0.05, 0.1) is 4.88 Å². The number of benzene rings is 1. The molecule has 1 aromatic carbocycles. The monoisotopic (exact) mass is 348 g/mol. The highest BCUT2D eigenvalue weighted by Crippen LogP contribution is 2.29. The Bertz CT molecular complexity index is 930. The number of fused-ring (bicyclic) bond motifs is 1. The molecule has 4 heteroatoms. The van der Waals surface area contributed by atoms with Crippen LogP contribution < -0.4 is 5.49 Å². The van der Waals surface area contributed by atoms with Crippen molar-refractivity contribution in [2.24, 2.45) is 4.99 Å². The van der Waals surface area contributed by atoms with E-state index in [0.29, 0.717) is 12.0 Å². The number of thiophene rings is 1. The van der Waals surface area contributed by atoms with Crippen molar-refractivity contribution in [1.82, 2.24) is 4.57 Å². The zero-order chi connectivity index (χ0) is 17.1. The number of amides is 1. The van der Waals surface area contributed by atoms with Gasteiger partial charge in [-0.3, -0.25) is 4.79 Å². The summed E-state index contributed by atoms with van der Waals surface area (Å²) < 4.78 is 2.01. The van der Waals surface area contributed by atoms with Gasteiger partial charge in [0.1, 0.15) is 5.49 Å². The quantitative estimate of drug-likeness (QED) is 0.698. The van der Waals surface area contributed by atoms with E-state index < -0.39 is 0 Å². The molecule has 0 saturated heterocycles. The van der Waals surface area contributed by atoms with Crippen LogP contribution in [0.5, 0.6) is 0 Å². The Hall–Kier alpha value is -2.46. The minimum atomic E-state index is -0.132. The molecule has 0 unspecified atom stereocenters. The minimum absolute atomic E-state index is 0.132. The minimum Gasteiger partial charge on any atom is -0.328 e. The van der Waals surface area contributed by atoms with E-state index in [1.807, 2.05) is 47.2 Å². The molecule has 1 amide bonds. The molecule has 3 aromatic rings. The van der Waals surface area contributed by atoms with Crippen molar-refractivity contribution < 1.29 is 4.79 Å². The summed E-state index contributed by atoms with van der Waals surface area (Å²) >= 11 is 1.62. The molecule has 25 heavy (non-hydrogen) atoms. The van der Waals surface area contributed by atoms with Crippen LogP contribution in [0, 0.1) is 0 Å². The predicted molar refractivity (Wildman–Crippen MR) is 101 cm³/mol. The van der Waals surface area contributed by atoms with Crippen molar-refractivity contribution in [3.63, 3.8) is 0 Å². The van der Waals surface area contributed by atoms with Crippen LogP contribution in [0.4, 0.5) is 0 Å². The number of nitrogens with zero attached hydrogens (tertiary/aromatic N) is 2. The number of aromatic nitrogens is 1. The third-order valence-electron chi connectivity index (χ3n) is 4.54. The molecule has 0 fully saturated rings. The summed E-state index contributed by atoms with van der Waals surface area (Å²) in [5, 5.41) is 0. The molecule has 0 aliphatic heterocycles. The van der Waals surface area contributed by atoms with Gasteiger partial charge in [-0.2, -0.15) is 4.99 Å². The maximum atomic E-state index is 12.7. The Kier molecular flexibility index (Phi) is 4.61. The van der Waals surface area contributed by atoms with E-state index in [9.17, 15) is 4.79 Å². The Morgan fingerprint density at radius 2 is 1.84 bits per heavy atom. The van der Waals surface area contributed by atoms with Crippen LogP contribution in [-0.2, 0) is 19.4 Å². The first-order valence-corrected chi connectivity index (χ1v) is 9.51. The normalized spacial score (nSPS) is 14.3. The second-order valence-electron chi connectivity index (χ2n) is 6.36. The molecule has 126 valence electrons. The van der Waals surface area contributed by atoms with Crippen LogP contribution in [0.15, 0.2) is 65.8 Å². The molecular weight excluding hydrogens is 328 g/mol. The highest BCUT2D eigenvalue weighted by Gasteiger charge is 2.16. The number of rotatable bonds is 3. The van der Waals surface area contributed by atoms with E-state index in [4.69, 9.17) is 0 Å². The fraction of sp³-hybridized carbons (Fsp3) is 0.238. The Morgan fingerprint density at radius 3 is 2.68 bits per heavy atom. The van der Waals surface area contributed by atoms with Gasteiger partial charge >= 0.3 is 0 Å². The molecular formula is C21H20N2OS. The zero-order valence-electron chi connectivity index (χ0n) is 14.0. The first-order chi connectivity index (χ1) is 12.3. The number of aryl methyl sites for hydroxylation is 2. The van der Waals surface area contributed by atoms with Crippen molar-refractivity contribution in [2.75, 3.05) is 0 Å². The highest BCUT2D eigenvalue weighted by atomic mass is 32.1. The van der Waals surface area contributed by atoms with Gasteiger partial charge in [0.25, 0.3) is 5.91 Å². The summed E-state index contributed by atoms with van der Waals surface area (Å²) in [7, 11) is 0. The van der Waals surface area contributed by atoms with Crippen molar-refractivity contribution in [1.29, 1.82) is 0 Å². The summed E-state index contributed by atoms with van der Waals surface area (Å²) in [5.74, 6) is -0.132. The summed E-state index contributed by atoms with van der Waals surface area (Å²) in [6.07, 6.45) is 6.63. The standard InChI is InChI=1S/C21H20N2OS/c24-21(19-14-17-10-4-5-11-18(17)25-19)22-20-12-6-7-13-23(20)15-16-8-2-1-3-9-16/h1-3,6-9,12-14H,4-5,10-11,15H2. The fourth-order valence-corrected chi connectivity index (χ4v) is 4.38. The van der Waals surface area contributed by atoms with Crippen molar-refractivity contribution in [3.8, 4) is 0 Å². The largest absolute Gasteiger partial charge is 0.328 e. The molecule has 3 nitrogen and oxygen atoms in total. The van der Waals surface area contributed by atoms with Crippen LogP contribution in [-0.4, -0.2) is 10.5 Å². The number of pyridine rings is 1. The van der Waals surface area contributed by atoms with Gasteiger partial charge in [0, 0.05) is 17.6 Å². The molecule has 2 aromatic heterocycles. The lowest BCUT2D eigenvalue weighted by Gasteiger charge is -2.08. The molecule has 0 saturated carbocycles. The second kappa shape index (κ2) is 7.19. The number of hydrogen-bond donors (Lipinski definition) is 0. The Morgan fingerprint density at radius 1 is 1.04 bits per heavy atom. The van der Waals surface area contributed by atoms with E-state index in [0.717, 1.165) is 17.7 Å². The lowest BCUT2D eigenvalue weighted by molar-refractivity contribution is 0.100. The number of carbonyl (C=O) groups is 1. The summed E-state index contributed by atoms with van der Waals surface area (Å²) in [6, 6.07) is 18.1. The summed E-state index contributed by atoms with van der Waals surface area (Å²) in [6.45, 7) is 0.703. The predicted octanol–water partition coefficient (Wildman–Crippen LogP) is 4.22. The maximum absolute atomic E-state index is 12.7. The van der Waals surface area contributed by atoms with Gasteiger partial charge < -0.3 is 4.57 Å². The molecule has 0 atom stereocenters. The Balaban J connectivity index is 1.64. The first kappa shape index (κ1) is 16.0. The molecule has 0 spiro atoms. The zero-order valence-corrected chi connectivity index (χ0v) is 14.8. The topological polar surface area (TPSA) is 34.4 Å². The van der Waals surface area contributed by atoms with E-state index in [1.54, 1.807) is 11.3 Å². The lowest BCUT2D eigenvalue weighted by atomic mass is 9.99. The molecule has 2 heterocycles. The number of hydrogen-bond acceptors (Lipinski definition) is 2. The highest BCUT2D eigenvalue weighted by molar-refractivity contribution is 7.14. The van der Waals surface area contributed by atoms with Crippen LogP contribution in [0.2, 0.25) is 0 Å².